The van der Waals surface area contributed by atoms with Crippen molar-refractivity contribution in [2.24, 2.45) is 0 Å². The van der Waals surface area contributed by atoms with Gasteiger partial charge >= 0.3 is 12.1 Å². The van der Waals surface area contributed by atoms with Gasteiger partial charge in [0.05, 0.1) is 24.8 Å². The van der Waals surface area contributed by atoms with E-state index in [4.69, 9.17) is 0 Å². The van der Waals surface area contributed by atoms with Gasteiger partial charge < -0.3 is 15.2 Å². The summed E-state index contributed by atoms with van der Waals surface area (Å²) in [4.78, 5) is 22.4. The fourth-order valence-electron chi connectivity index (χ4n) is 1.38. The van der Waals surface area contributed by atoms with E-state index in [1.165, 1.54) is 0 Å². The lowest BCUT2D eigenvalue weighted by Gasteiger charge is -2.12. The SMILES string of the molecule is COC(=O)C(O)CNC(=O)c1cc(C(F)(F)F)ccc1F. The van der Waals surface area contributed by atoms with Crippen molar-refractivity contribution in [2.75, 3.05) is 13.7 Å². The molecule has 1 unspecified atom stereocenters. The Morgan fingerprint density at radius 2 is 2.00 bits per heavy atom. The summed E-state index contributed by atoms with van der Waals surface area (Å²) in [5, 5.41) is 11.1. The molecule has 1 amide bonds. The monoisotopic (exact) mass is 309 g/mol. The number of carbonyl (C=O) groups excluding carboxylic acids is 2. The average Bonchev–Trinajstić information content (AvgIpc) is 2.42. The van der Waals surface area contributed by atoms with Gasteiger partial charge in [0.2, 0.25) is 0 Å². The van der Waals surface area contributed by atoms with Crippen molar-refractivity contribution in [3.8, 4) is 0 Å². The first-order chi connectivity index (χ1) is 9.66. The first kappa shape index (κ1) is 16.9. The molecule has 1 aromatic carbocycles. The van der Waals surface area contributed by atoms with Crippen molar-refractivity contribution in [3.63, 3.8) is 0 Å². The molecule has 1 aromatic rings. The van der Waals surface area contributed by atoms with E-state index in [2.05, 4.69) is 4.74 Å². The van der Waals surface area contributed by atoms with Crippen molar-refractivity contribution in [1.29, 1.82) is 0 Å². The number of carbonyl (C=O) groups is 2. The topological polar surface area (TPSA) is 75.6 Å². The quantitative estimate of drug-likeness (QED) is 0.645. The van der Waals surface area contributed by atoms with Crippen LogP contribution in [0.15, 0.2) is 18.2 Å². The summed E-state index contributed by atoms with van der Waals surface area (Å²) in [6.07, 6.45) is -6.43. The van der Waals surface area contributed by atoms with E-state index in [1.807, 2.05) is 5.32 Å². The molecule has 0 saturated heterocycles. The summed E-state index contributed by atoms with van der Waals surface area (Å²) in [6, 6.07) is 1.35. The van der Waals surface area contributed by atoms with Crippen molar-refractivity contribution in [3.05, 3.63) is 35.1 Å². The predicted octanol–water partition coefficient (Wildman–Crippen LogP) is 1.11. The fourth-order valence-corrected chi connectivity index (χ4v) is 1.38. The van der Waals surface area contributed by atoms with Crippen LogP contribution in [-0.2, 0) is 15.7 Å². The summed E-state index contributed by atoms with van der Waals surface area (Å²) < 4.78 is 55.0. The molecule has 0 radical (unpaired) electrons. The molecular weight excluding hydrogens is 298 g/mol. The Morgan fingerprint density at radius 3 is 2.52 bits per heavy atom. The highest BCUT2D eigenvalue weighted by molar-refractivity contribution is 5.95. The maximum atomic E-state index is 13.4. The number of rotatable bonds is 4. The minimum Gasteiger partial charge on any atom is -0.467 e. The number of benzene rings is 1. The number of amides is 1. The lowest BCUT2D eigenvalue weighted by molar-refractivity contribution is -0.149. The number of esters is 1. The molecule has 0 saturated carbocycles. The number of aliphatic hydroxyl groups excluding tert-OH is 1. The molecule has 0 spiro atoms. The Kier molecular flexibility index (Phi) is 5.25. The second-order valence-corrected chi connectivity index (χ2v) is 3.94. The molecule has 0 fully saturated rings. The van der Waals surface area contributed by atoms with E-state index in [1.54, 1.807) is 0 Å². The number of hydrogen-bond acceptors (Lipinski definition) is 4. The summed E-state index contributed by atoms with van der Waals surface area (Å²) in [5.41, 5.74) is -2.04. The summed E-state index contributed by atoms with van der Waals surface area (Å²) in [6.45, 7) is -0.624. The number of halogens is 4. The minimum atomic E-state index is -4.73. The average molecular weight is 309 g/mol. The third-order valence-corrected chi connectivity index (χ3v) is 2.47. The van der Waals surface area contributed by atoms with Gasteiger partial charge in [0.15, 0.2) is 6.10 Å². The zero-order chi connectivity index (χ0) is 16.2. The molecule has 21 heavy (non-hydrogen) atoms. The van der Waals surface area contributed by atoms with Crippen molar-refractivity contribution in [2.45, 2.75) is 12.3 Å². The Labute approximate surface area is 116 Å². The van der Waals surface area contributed by atoms with E-state index < -0.39 is 47.6 Å². The molecule has 0 aromatic heterocycles. The van der Waals surface area contributed by atoms with Crippen LogP contribution in [0.25, 0.3) is 0 Å². The van der Waals surface area contributed by atoms with E-state index in [9.17, 15) is 32.3 Å². The molecule has 2 N–H and O–H groups in total. The molecule has 1 atom stereocenters. The number of alkyl halides is 3. The number of aliphatic hydroxyl groups is 1. The number of methoxy groups -OCH3 is 1. The normalized spacial score (nSPS) is 12.7. The Bertz CT molecular complexity index is 545. The summed E-state index contributed by atoms with van der Waals surface area (Å²) >= 11 is 0. The number of nitrogens with one attached hydrogen (secondary N) is 1. The smallest absolute Gasteiger partial charge is 0.416 e. The van der Waals surface area contributed by atoms with Crippen LogP contribution in [0, 0.1) is 5.82 Å². The van der Waals surface area contributed by atoms with Crippen LogP contribution in [-0.4, -0.2) is 36.7 Å². The zero-order valence-electron chi connectivity index (χ0n) is 10.7. The molecule has 116 valence electrons. The molecule has 0 heterocycles. The van der Waals surface area contributed by atoms with Gasteiger partial charge in [-0.3, -0.25) is 4.79 Å². The highest BCUT2D eigenvalue weighted by Gasteiger charge is 2.32. The third-order valence-electron chi connectivity index (χ3n) is 2.47. The molecule has 0 aliphatic carbocycles. The summed E-state index contributed by atoms with van der Waals surface area (Å²) in [7, 11) is 1.000. The Morgan fingerprint density at radius 1 is 1.38 bits per heavy atom. The van der Waals surface area contributed by atoms with Crippen LogP contribution in [0.4, 0.5) is 17.6 Å². The van der Waals surface area contributed by atoms with E-state index >= 15 is 0 Å². The van der Waals surface area contributed by atoms with Crippen LogP contribution in [0.5, 0.6) is 0 Å². The zero-order valence-corrected chi connectivity index (χ0v) is 10.7. The minimum absolute atomic E-state index is 0.342. The van der Waals surface area contributed by atoms with E-state index in [-0.39, 0.29) is 0 Å². The van der Waals surface area contributed by atoms with Gasteiger partial charge in [-0.1, -0.05) is 0 Å². The number of hydrogen-bond donors (Lipinski definition) is 2. The van der Waals surface area contributed by atoms with Gasteiger partial charge in [-0.2, -0.15) is 13.2 Å². The first-order valence-electron chi connectivity index (χ1n) is 5.57. The van der Waals surface area contributed by atoms with Crippen LogP contribution >= 0.6 is 0 Å². The standard InChI is InChI=1S/C12H11F4NO4/c1-21-11(20)9(18)5-17-10(19)7-4-6(12(14,15)16)2-3-8(7)13/h2-4,9,18H,5H2,1H3,(H,17,19). The van der Waals surface area contributed by atoms with E-state index in [0.717, 1.165) is 7.11 Å². The van der Waals surface area contributed by atoms with Crippen LogP contribution in [0.1, 0.15) is 15.9 Å². The largest absolute Gasteiger partial charge is 0.467 e. The maximum Gasteiger partial charge on any atom is 0.416 e. The highest BCUT2D eigenvalue weighted by Crippen LogP contribution is 2.30. The lowest BCUT2D eigenvalue weighted by Crippen LogP contribution is -2.37. The summed E-state index contributed by atoms with van der Waals surface area (Å²) in [5.74, 6) is -3.39. The van der Waals surface area contributed by atoms with Gasteiger partial charge in [-0.05, 0) is 18.2 Å². The van der Waals surface area contributed by atoms with E-state index in [0.29, 0.717) is 18.2 Å². The van der Waals surface area contributed by atoms with Crippen LogP contribution in [0.2, 0.25) is 0 Å². The molecule has 0 bridgehead atoms. The van der Waals surface area contributed by atoms with Crippen LogP contribution in [0.3, 0.4) is 0 Å². The third kappa shape index (κ3) is 4.42. The second-order valence-electron chi connectivity index (χ2n) is 3.94. The van der Waals surface area contributed by atoms with Gasteiger partial charge in [-0.15, -0.1) is 0 Å². The molecule has 5 nitrogen and oxygen atoms in total. The number of ether oxygens (including phenoxy) is 1. The molecular formula is C12H11F4NO4. The first-order valence-corrected chi connectivity index (χ1v) is 5.57. The highest BCUT2D eigenvalue weighted by atomic mass is 19.4. The van der Waals surface area contributed by atoms with Crippen molar-refractivity contribution in [1.82, 2.24) is 5.32 Å². The molecule has 0 aliphatic heterocycles. The molecule has 1 rings (SSSR count). The van der Waals surface area contributed by atoms with Gasteiger partial charge in [0, 0.05) is 0 Å². The van der Waals surface area contributed by atoms with Crippen LogP contribution < -0.4 is 5.32 Å². The lowest BCUT2D eigenvalue weighted by atomic mass is 10.1. The Hall–Kier alpha value is -2.16. The van der Waals surface area contributed by atoms with Crippen molar-refractivity contribution < 1.29 is 37.0 Å². The molecule has 9 heteroatoms. The Balaban J connectivity index is 2.85. The maximum absolute atomic E-state index is 13.4. The van der Waals surface area contributed by atoms with Gasteiger partial charge in [0.1, 0.15) is 5.82 Å². The fraction of sp³-hybridized carbons (Fsp3) is 0.333. The second kappa shape index (κ2) is 6.53. The molecule has 0 aliphatic rings. The van der Waals surface area contributed by atoms with Gasteiger partial charge in [0.25, 0.3) is 5.91 Å². The van der Waals surface area contributed by atoms with Crippen molar-refractivity contribution >= 4 is 11.9 Å². The predicted molar refractivity (Wildman–Crippen MR) is 61.8 cm³/mol. The van der Waals surface area contributed by atoms with Gasteiger partial charge in [-0.25, -0.2) is 9.18 Å².